The molecule has 0 bridgehead atoms. The molecule has 2 aliphatic carbocycles. The molecule has 0 radical (unpaired) electrons. The number of rotatable bonds is 5. The van der Waals surface area contributed by atoms with E-state index in [9.17, 15) is 13.2 Å². The van der Waals surface area contributed by atoms with Gasteiger partial charge in [0.1, 0.15) is 10.6 Å². The molecule has 3 N–H and O–H groups in total. The Balaban J connectivity index is 1.89. The van der Waals surface area contributed by atoms with Crippen LogP contribution in [0.3, 0.4) is 0 Å². The van der Waals surface area contributed by atoms with Gasteiger partial charge in [0.25, 0.3) is 5.91 Å². The molecule has 0 aromatic carbocycles. The summed E-state index contributed by atoms with van der Waals surface area (Å²) in [4.78, 5) is 12.5. The number of nitrogens with zero attached hydrogens (tertiary/aromatic N) is 1. The van der Waals surface area contributed by atoms with Crippen LogP contribution in [0.4, 0.5) is 0 Å². The number of nitrogens with two attached hydrogens (primary N) is 1. The molecule has 2 saturated carbocycles. The Labute approximate surface area is 124 Å². The lowest BCUT2D eigenvalue weighted by Crippen LogP contribution is -2.45. The van der Waals surface area contributed by atoms with E-state index in [-0.39, 0.29) is 22.4 Å². The van der Waals surface area contributed by atoms with Gasteiger partial charge in [-0.05, 0) is 51.5 Å². The second-order valence-corrected chi connectivity index (χ2v) is 8.26. The average molecular weight is 311 g/mol. The number of amides is 1. The maximum atomic E-state index is 12.5. The molecular weight excluding hydrogens is 290 g/mol. The summed E-state index contributed by atoms with van der Waals surface area (Å²) in [7, 11) is -3.79. The van der Waals surface area contributed by atoms with E-state index in [2.05, 4.69) is 5.32 Å². The monoisotopic (exact) mass is 311 g/mol. The fourth-order valence-electron chi connectivity index (χ4n) is 2.71. The van der Waals surface area contributed by atoms with Gasteiger partial charge < -0.3 is 9.88 Å². The minimum absolute atomic E-state index is 0.00350. The molecule has 0 unspecified atom stereocenters. The summed E-state index contributed by atoms with van der Waals surface area (Å²) < 4.78 is 24.7. The number of hydrogen-bond donors (Lipinski definition) is 2. The molecule has 1 heterocycles. The van der Waals surface area contributed by atoms with E-state index < -0.39 is 10.0 Å². The third-order valence-electron chi connectivity index (χ3n) is 4.36. The molecule has 21 heavy (non-hydrogen) atoms. The molecule has 3 rings (SSSR count). The summed E-state index contributed by atoms with van der Waals surface area (Å²) in [5, 5.41) is 8.20. The van der Waals surface area contributed by atoms with Gasteiger partial charge in [-0.3, -0.25) is 4.79 Å². The minimum atomic E-state index is -3.79. The van der Waals surface area contributed by atoms with Gasteiger partial charge in [0.05, 0.1) is 0 Å². The quantitative estimate of drug-likeness (QED) is 0.860. The van der Waals surface area contributed by atoms with Crippen LogP contribution in [0, 0.1) is 5.92 Å². The van der Waals surface area contributed by atoms with Crippen molar-refractivity contribution in [3.63, 3.8) is 0 Å². The lowest BCUT2D eigenvalue weighted by Gasteiger charge is -2.26. The number of primary sulfonamides is 1. The standard InChI is InChI=1S/C14H21N3O3S/c1-14(2,9-3-4-9)16-13(18)12-7-11(21(15,19)20)8-17(12)10-5-6-10/h7-10H,3-6H2,1-2H3,(H,16,18)(H2,15,19,20). The Morgan fingerprint density at radius 3 is 2.43 bits per heavy atom. The van der Waals surface area contributed by atoms with Crippen LogP contribution in [0.1, 0.15) is 56.1 Å². The molecular formula is C14H21N3O3S. The largest absolute Gasteiger partial charge is 0.346 e. The SMILES string of the molecule is CC(C)(NC(=O)c1cc(S(N)(=O)=O)cn1C1CC1)C1CC1. The van der Waals surface area contributed by atoms with Crippen molar-refractivity contribution in [1.82, 2.24) is 9.88 Å². The normalized spacial score (nSPS) is 19.6. The number of carbonyl (C=O) groups excluding carboxylic acids is 1. The zero-order valence-corrected chi connectivity index (χ0v) is 13.1. The maximum Gasteiger partial charge on any atom is 0.268 e. The fraction of sp³-hybridized carbons (Fsp3) is 0.643. The van der Waals surface area contributed by atoms with Crippen molar-refractivity contribution in [3.8, 4) is 0 Å². The molecule has 6 nitrogen and oxygen atoms in total. The summed E-state index contributed by atoms with van der Waals surface area (Å²) in [6, 6.07) is 1.59. The van der Waals surface area contributed by atoms with E-state index in [1.165, 1.54) is 12.3 Å². The lowest BCUT2D eigenvalue weighted by atomic mass is 9.98. The number of aromatic nitrogens is 1. The smallest absolute Gasteiger partial charge is 0.268 e. The Kier molecular flexibility index (Phi) is 3.18. The Morgan fingerprint density at radius 1 is 1.33 bits per heavy atom. The van der Waals surface area contributed by atoms with Crippen LogP contribution in [0.25, 0.3) is 0 Å². The molecule has 0 aliphatic heterocycles. The second-order valence-electron chi connectivity index (χ2n) is 6.69. The van der Waals surface area contributed by atoms with Crippen LogP contribution in [0.15, 0.2) is 17.2 Å². The number of nitrogens with one attached hydrogen (secondary N) is 1. The van der Waals surface area contributed by atoms with E-state index in [1.807, 2.05) is 13.8 Å². The highest BCUT2D eigenvalue weighted by Crippen LogP contribution is 2.40. The van der Waals surface area contributed by atoms with E-state index in [4.69, 9.17) is 5.14 Å². The summed E-state index contributed by atoms with van der Waals surface area (Å²) in [6.45, 7) is 4.01. The van der Waals surface area contributed by atoms with Gasteiger partial charge in [-0.25, -0.2) is 13.6 Å². The molecule has 0 saturated heterocycles. The molecule has 1 aromatic heterocycles. The van der Waals surface area contributed by atoms with Crippen LogP contribution in [-0.2, 0) is 10.0 Å². The van der Waals surface area contributed by atoms with Crippen LogP contribution < -0.4 is 10.5 Å². The van der Waals surface area contributed by atoms with Crippen LogP contribution in [0.5, 0.6) is 0 Å². The first-order valence-electron chi connectivity index (χ1n) is 7.25. The van der Waals surface area contributed by atoms with Crippen LogP contribution >= 0.6 is 0 Å². The number of hydrogen-bond acceptors (Lipinski definition) is 3. The predicted molar refractivity (Wildman–Crippen MR) is 78.3 cm³/mol. The summed E-state index contributed by atoms with van der Waals surface area (Å²) in [5.41, 5.74) is 0.118. The zero-order chi connectivity index (χ0) is 15.4. The van der Waals surface area contributed by atoms with E-state index in [0.717, 1.165) is 25.7 Å². The van der Waals surface area contributed by atoms with E-state index >= 15 is 0 Å². The Hall–Kier alpha value is -1.34. The molecule has 2 aliphatic rings. The Bertz CT molecular complexity index is 682. The summed E-state index contributed by atoms with van der Waals surface area (Å²) in [6.07, 6.45) is 5.65. The van der Waals surface area contributed by atoms with Crippen molar-refractivity contribution in [1.29, 1.82) is 0 Å². The molecule has 0 spiro atoms. The lowest BCUT2D eigenvalue weighted by molar-refractivity contribution is 0.0893. The fourth-order valence-corrected chi connectivity index (χ4v) is 3.25. The first-order valence-corrected chi connectivity index (χ1v) is 8.80. The highest BCUT2D eigenvalue weighted by Gasteiger charge is 2.40. The summed E-state index contributed by atoms with van der Waals surface area (Å²) in [5.74, 6) is 0.275. The highest BCUT2D eigenvalue weighted by atomic mass is 32.2. The molecule has 2 fully saturated rings. The highest BCUT2D eigenvalue weighted by molar-refractivity contribution is 7.89. The topological polar surface area (TPSA) is 94.2 Å². The third-order valence-corrected chi connectivity index (χ3v) is 5.24. The minimum Gasteiger partial charge on any atom is -0.346 e. The number of sulfonamides is 1. The average Bonchev–Trinajstić information content (AvgIpc) is 3.23. The van der Waals surface area contributed by atoms with Crippen LogP contribution in [-0.4, -0.2) is 24.4 Å². The maximum absolute atomic E-state index is 12.5. The van der Waals surface area contributed by atoms with Gasteiger partial charge in [-0.15, -0.1) is 0 Å². The van der Waals surface area contributed by atoms with Crippen molar-refractivity contribution in [2.24, 2.45) is 11.1 Å². The van der Waals surface area contributed by atoms with Gasteiger partial charge in [-0.1, -0.05) is 0 Å². The second kappa shape index (κ2) is 4.58. The molecule has 116 valence electrons. The van der Waals surface area contributed by atoms with Gasteiger partial charge >= 0.3 is 0 Å². The van der Waals surface area contributed by atoms with Crippen molar-refractivity contribution < 1.29 is 13.2 Å². The van der Waals surface area contributed by atoms with Crippen molar-refractivity contribution in [3.05, 3.63) is 18.0 Å². The van der Waals surface area contributed by atoms with Crippen molar-refractivity contribution in [2.45, 2.75) is 56.0 Å². The molecule has 1 aromatic rings. The van der Waals surface area contributed by atoms with E-state index in [0.29, 0.717) is 11.6 Å². The van der Waals surface area contributed by atoms with Gasteiger partial charge in [0.15, 0.2) is 0 Å². The Morgan fingerprint density at radius 2 is 1.95 bits per heavy atom. The van der Waals surface area contributed by atoms with Gasteiger partial charge in [0.2, 0.25) is 10.0 Å². The van der Waals surface area contributed by atoms with Gasteiger partial charge in [-0.2, -0.15) is 0 Å². The summed E-state index contributed by atoms with van der Waals surface area (Å²) >= 11 is 0. The van der Waals surface area contributed by atoms with Crippen LogP contribution in [0.2, 0.25) is 0 Å². The zero-order valence-electron chi connectivity index (χ0n) is 12.3. The van der Waals surface area contributed by atoms with Crippen molar-refractivity contribution in [2.75, 3.05) is 0 Å². The predicted octanol–water partition coefficient (Wildman–Crippen LogP) is 1.39. The first kappa shape index (κ1) is 14.6. The molecule has 7 heteroatoms. The first-order chi connectivity index (χ1) is 9.68. The van der Waals surface area contributed by atoms with E-state index in [1.54, 1.807) is 4.57 Å². The van der Waals surface area contributed by atoms with Gasteiger partial charge in [0, 0.05) is 17.8 Å². The van der Waals surface area contributed by atoms with Crippen molar-refractivity contribution >= 4 is 15.9 Å². The molecule has 1 amide bonds. The number of carbonyl (C=O) groups is 1. The third kappa shape index (κ3) is 2.98. The molecule has 0 atom stereocenters.